The Bertz CT molecular complexity index is 581. The van der Waals surface area contributed by atoms with Gasteiger partial charge in [0, 0.05) is 25.7 Å². The normalized spacial score (nSPS) is 10.4. The second-order valence-electron chi connectivity index (χ2n) is 10.8. The maximum Gasteiger partial charge on any atom is 0.305 e. The number of ether oxygens (including phenoxy) is 4. The minimum Gasteiger partial charge on any atom is -0.466 e. The van der Waals surface area contributed by atoms with Crippen molar-refractivity contribution in [3.63, 3.8) is 0 Å². The average molecular weight is 601 g/mol. The van der Waals surface area contributed by atoms with E-state index in [1.807, 2.05) is 13.8 Å². The van der Waals surface area contributed by atoms with Gasteiger partial charge in [0.1, 0.15) is 0 Å². The van der Waals surface area contributed by atoms with Crippen molar-refractivity contribution >= 4 is 23.9 Å². The summed E-state index contributed by atoms with van der Waals surface area (Å²) in [6, 6.07) is 0. The highest BCUT2D eigenvalue weighted by molar-refractivity contribution is 5.71. The predicted molar refractivity (Wildman–Crippen MR) is 168 cm³/mol. The van der Waals surface area contributed by atoms with Crippen LogP contribution in [0.1, 0.15) is 169 Å². The van der Waals surface area contributed by atoms with Crippen LogP contribution in [-0.4, -0.2) is 50.3 Å². The molecule has 0 aliphatic rings. The summed E-state index contributed by atoms with van der Waals surface area (Å²) in [5.41, 5.74) is 0. The molecule has 0 heterocycles. The first kappa shape index (κ1) is 42.0. The molecular formula is C34H64O8. The molecule has 0 spiro atoms. The smallest absolute Gasteiger partial charge is 0.305 e. The molecule has 0 rings (SSSR count). The van der Waals surface area contributed by atoms with E-state index < -0.39 is 0 Å². The number of carbonyl (C=O) groups excluding carboxylic acids is 4. The van der Waals surface area contributed by atoms with Crippen molar-refractivity contribution in [2.75, 3.05) is 26.4 Å². The van der Waals surface area contributed by atoms with Crippen LogP contribution in [0.25, 0.3) is 0 Å². The first-order valence-electron chi connectivity index (χ1n) is 17.0. The van der Waals surface area contributed by atoms with Gasteiger partial charge in [-0.05, 0) is 51.4 Å². The fourth-order valence-corrected chi connectivity index (χ4v) is 3.93. The molecular weight excluding hydrogens is 536 g/mol. The van der Waals surface area contributed by atoms with Crippen molar-refractivity contribution in [2.24, 2.45) is 0 Å². The number of carbonyl (C=O) groups is 4. The summed E-state index contributed by atoms with van der Waals surface area (Å²) in [5, 5.41) is 0. The molecule has 8 heteroatoms. The van der Waals surface area contributed by atoms with Crippen LogP contribution >= 0.6 is 0 Å². The lowest BCUT2D eigenvalue weighted by molar-refractivity contribution is -0.146. The Hall–Kier alpha value is -2.12. The van der Waals surface area contributed by atoms with Gasteiger partial charge in [-0.2, -0.15) is 0 Å². The lowest BCUT2D eigenvalue weighted by Gasteiger charge is -2.06. The minimum atomic E-state index is -0.177. The van der Waals surface area contributed by atoms with E-state index in [-0.39, 0.29) is 23.9 Å². The maximum absolute atomic E-state index is 11.6. The molecule has 0 N–H and O–H groups in total. The molecule has 0 saturated carbocycles. The first-order chi connectivity index (χ1) is 20.4. The van der Waals surface area contributed by atoms with Gasteiger partial charge in [0.2, 0.25) is 0 Å². The number of hydrogen-bond donors (Lipinski definition) is 0. The van der Waals surface area contributed by atoms with Gasteiger partial charge in [-0.15, -0.1) is 0 Å². The van der Waals surface area contributed by atoms with E-state index in [4.69, 9.17) is 18.9 Å². The van der Waals surface area contributed by atoms with Gasteiger partial charge < -0.3 is 18.9 Å². The summed E-state index contributed by atoms with van der Waals surface area (Å²) in [7, 11) is 0. The Kier molecular flexibility index (Phi) is 35.1. The molecule has 0 amide bonds. The van der Waals surface area contributed by atoms with E-state index in [9.17, 15) is 19.2 Å². The van der Waals surface area contributed by atoms with E-state index in [2.05, 4.69) is 13.8 Å². The lowest BCUT2D eigenvalue weighted by Crippen LogP contribution is -2.08. The highest BCUT2D eigenvalue weighted by Gasteiger charge is 2.07. The van der Waals surface area contributed by atoms with Crippen LogP contribution < -0.4 is 0 Å². The molecule has 0 aliphatic heterocycles. The van der Waals surface area contributed by atoms with Crippen molar-refractivity contribution in [3.8, 4) is 0 Å². The zero-order valence-electron chi connectivity index (χ0n) is 27.7. The summed E-state index contributed by atoms with van der Waals surface area (Å²) in [4.78, 5) is 45.4. The van der Waals surface area contributed by atoms with E-state index in [0.717, 1.165) is 38.5 Å². The first-order valence-corrected chi connectivity index (χ1v) is 17.0. The molecule has 0 fully saturated rings. The Labute approximate surface area is 257 Å². The zero-order valence-corrected chi connectivity index (χ0v) is 27.7. The standard InChI is InChI=1S/C22H42O4.C12H22O4/c1-3-5-7-9-11-15-19-25-21(23)17-13-14-18-22(24)26-20-16-12-10-8-6-4-2;1-3-9-15-11(13)7-5-6-8-12(14)16-10-4-2/h3-20H2,1-2H3;3-10H2,1-2H3. The van der Waals surface area contributed by atoms with Crippen LogP contribution in [0.2, 0.25) is 0 Å². The van der Waals surface area contributed by atoms with Crippen LogP contribution in [0.5, 0.6) is 0 Å². The fourth-order valence-electron chi connectivity index (χ4n) is 3.93. The molecule has 0 aromatic rings. The second-order valence-corrected chi connectivity index (χ2v) is 10.8. The van der Waals surface area contributed by atoms with Crippen molar-refractivity contribution < 1.29 is 38.1 Å². The third kappa shape index (κ3) is 35.9. The van der Waals surface area contributed by atoms with E-state index in [0.29, 0.717) is 77.8 Å². The molecule has 0 aliphatic carbocycles. The Balaban J connectivity index is 0. The minimum absolute atomic E-state index is 0.140. The Morgan fingerprint density at radius 1 is 0.310 bits per heavy atom. The molecule has 0 unspecified atom stereocenters. The summed E-state index contributed by atoms with van der Waals surface area (Å²) in [6.07, 6.45) is 20.3. The van der Waals surface area contributed by atoms with Crippen LogP contribution in [0.4, 0.5) is 0 Å². The molecule has 0 aromatic heterocycles. The van der Waals surface area contributed by atoms with E-state index in [1.54, 1.807) is 0 Å². The van der Waals surface area contributed by atoms with Crippen molar-refractivity contribution in [3.05, 3.63) is 0 Å². The van der Waals surface area contributed by atoms with E-state index >= 15 is 0 Å². The highest BCUT2D eigenvalue weighted by Crippen LogP contribution is 2.08. The Morgan fingerprint density at radius 2 is 0.571 bits per heavy atom. The summed E-state index contributed by atoms with van der Waals surface area (Å²) in [6.45, 7) is 10.4. The SMILES string of the molecule is CCCCCCCCOC(=O)CCCCC(=O)OCCCCCCCC.CCCOC(=O)CCCCC(=O)OCCC. The number of hydrogen-bond acceptors (Lipinski definition) is 8. The predicted octanol–water partition coefficient (Wildman–Crippen LogP) is 8.81. The molecule has 0 bridgehead atoms. The van der Waals surface area contributed by atoms with Gasteiger partial charge in [0.25, 0.3) is 0 Å². The molecule has 0 atom stereocenters. The molecule has 0 radical (unpaired) electrons. The largest absolute Gasteiger partial charge is 0.466 e. The van der Waals surface area contributed by atoms with Gasteiger partial charge >= 0.3 is 23.9 Å². The fraction of sp³-hybridized carbons (Fsp3) is 0.882. The highest BCUT2D eigenvalue weighted by atomic mass is 16.5. The summed E-state index contributed by atoms with van der Waals surface area (Å²) >= 11 is 0. The lowest BCUT2D eigenvalue weighted by atomic mass is 10.1. The molecule has 0 aromatic carbocycles. The van der Waals surface area contributed by atoms with Gasteiger partial charge in [-0.1, -0.05) is 91.9 Å². The van der Waals surface area contributed by atoms with Gasteiger partial charge in [-0.3, -0.25) is 19.2 Å². The summed E-state index contributed by atoms with van der Waals surface area (Å²) in [5.74, 6) is -0.634. The number of rotatable bonds is 28. The molecule has 248 valence electrons. The third-order valence-electron chi connectivity index (χ3n) is 6.48. The maximum atomic E-state index is 11.6. The van der Waals surface area contributed by atoms with Gasteiger partial charge in [-0.25, -0.2) is 0 Å². The molecule has 42 heavy (non-hydrogen) atoms. The number of unbranched alkanes of at least 4 members (excludes halogenated alkanes) is 12. The van der Waals surface area contributed by atoms with Crippen LogP contribution in [0.15, 0.2) is 0 Å². The number of esters is 4. The third-order valence-corrected chi connectivity index (χ3v) is 6.48. The van der Waals surface area contributed by atoms with Gasteiger partial charge in [0.15, 0.2) is 0 Å². The summed E-state index contributed by atoms with van der Waals surface area (Å²) < 4.78 is 20.3. The van der Waals surface area contributed by atoms with Crippen LogP contribution in [0.3, 0.4) is 0 Å². The molecule has 8 nitrogen and oxygen atoms in total. The van der Waals surface area contributed by atoms with Gasteiger partial charge in [0.05, 0.1) is 26.4 Å². The Morgan fingerprint density at radius 3 is 0.857 bits per heavy atom. The van der Waals surface area contributed by atoms with Crippen LogP contribution in [-0.2, 0) is 38.1 Å². The average Bonchev–Trinajstić information content (AvgIpc) is 2.98. The van der Waals surface area contributed by atoms with E-state index in [1.165, 1.54) is 51.4 Å². The molecule has 0 saturated heterocycles. The van der Waals surface area contributed by atoms with Crippen molar-refractivity contribution in [2.45, 2.75) is 169 Å². The quantitative estimate of drug-likeness (QED) is 0.0498. The van der Waals surface area contributed by atoms with Crippen molar-refractivity contribution in [1.29, 1.82) is 0 Å². The second kappa shape index (κ2) is 35.1. The monoisotopic (exact) mass is 600 g/mol. The van der Waals surface area contributed by atoms with Crippen molar-refractivity contribution in [1.82, 2.24) is 0 Å². The van der Waals surface area contributed by atoms with Crippen LogP contribution in [0, 0.1) is 0 Å². The zero-order chi connectivity index (χ0) is 31.5. The topological polar surface area (TPSA) is 105 Å².